The number of hydrogen-bond donors (Lipinski definition) is 0. The second-order valence-electron chi connectivity index (χ2n) is 6.90. The highest BCUT2D eigenvalue weighted by Crippen LogP contribution is 2.14. The summed E-state index contributed by atoms with van der Waals surface area (Å²) in [5, 5.41) is 2.51. The molecule has 4 heterocycles. The highest BCUT2D eigenvalue weighted by atomic mass is 14.7. The number of rotatable bonds is 0. The summed E-state index contributed by atoms with van der Waals surface area (Å²) >= 11 is 0. The molecular formula is C34H46N4. The number of nitrogens with zero attached hydrogens (tertiary/aromatic N) is 4. The molecule has 0 aliphatic heterocycles. The maximum Gasteiger partial charge on any atom is 0.0486 e. The predicted octanol–water partition coefficient (Wildman–Crippen LogP) is 9.39. The fourth-order valence-electron chi connectivity index (χ4n) is 2.52. The zero-order chi connectivity index (χ0) is 29.0. The minimum Gasteiger partial charge on any atom is -0.262 e. The van der Waals surface area contributed by atoms with Crippen molar-refractivity contribution in [2.75, 3.05) is 0 Å². The Bertz CT molecular complexity index is 1050. The molecule has 0 fully saturated rings. The summed E-state index contributed by atoms with van der Waals surface area (Å²) in [6.07, 6.45) is 8.00. The van der Waals surface area contributed by atoms with Gasteiger partial charge in [-0.05, 0) is 81.6 Å². The monoisotopic (exact) mass is 510 g/mol. The van der Waals surface area contributed by atoms with Crippen LogP contribution in [0.3, 0.4) is 0 Å². The van der Waals surface area contributed by atoms with E-state index in [4.69, 9.17) is 0 Å². The molecule has 0 radical (unpaired) electrons. The molecule has 4 aromatic heterocycles. The van der Waals surface area contributed by atoms with Crippen LogP contribution in [-0.2, 0) is 0 Å². The van der Waals surface area contributed by atoms with E-state index in [0.717, 1.165) is 22.8 Å². The van der Waals surface area contributed by atoms with Crippen molar-refractivity contribution in [1.29, 1.82) is 0 Å². The third kappa shape index (κ3) is 18.2. The molecule has 1 aromatic carbocycles. The molecule has 0 saturated carbocycles. The first-order valence-corrected chi connectivity index (χ1v) is 13.3. The van der Waals surface area contributed by atoms with Gasteiger partial charge in [0.1, 0.15) is 0 Å². The molecule has 5 rings (SSSR count). The highest BCUT2D eigenvalue weighted by Gasteiger charge is 1.93. The van der Waals surface area contributed by atoms with Crippen LogP contribution in [-0.4, -0.2) is 19.9 Å². The first-order valence-electron chi connectivity index (χ1n) is 13.3. The van der Waals surface area contributed by atoms with Crippen LogP contribution >= 0.6 is 0 Å². The average Bonchev–Trinajstić information content (AvgIpc) is 2.99. The van der Waals surface area contributed by atoms with Gasteiger partial charge in [-0.25, -0.2) is 4.98 Å². The van der Waals surface area contributed by atoms with E-state index in [1.54, 1.807) is 18.5 Å². The Morgan fingerprint density at radius 1 is 0.500 bits per heavy atom. The second-order valence-corrected chi connectivity index (χ2v) is 6.90. The van der Waals surface area contributed by atoms with E-state index in [2.05, 4.69) is 44.3 Å². The third-order valence-corrected chi connectivity index (χ3v) is 4.20. The zero-order valence-electron chi connectivity index (χ0n) is 25.0. The van der Waals surface area contributed by atoms with Crippen molar-refractivity contribution in [1.82, 2.24) is 19.9 Å². The van der Waals surface area contributed by atoms with E-state index < -0.39 is 0 Å². The molecule has 202 valence electrons. The van der Waals surface area contributed by atoms with Gasteiger partial charge in [-0.2, -0.15) is 0 Å². The SMILES string of the molecule is CC.CC.CC.Cc1ccc#cn1.Cc1ccccn1.Cc1ccccn1.Cc1nccc2ccccc12. The van der Waals surface area contributed by atoms with Gasteiger partial charge in [0.2, 0.25) is 0 Å². The van der Waals surface area contributed by atoms with Gasteiger partial charge in [-0.15, -0.1) is 0 Å². The third-order valence-electron chi connectivity index (χ3n) is 4.20. The summed E-state index contributed by atoms with van der Waals surface area (Å²) in [5.41, 5.74) is 4.23. The number of fused-ring (bicyclic) bond motifs is 1. The van der Waals surface area contributed by atoms with Gasteiger partial charge in [-0.3, -0.25) is 15.0 Å². The lowest BCUT2D eigenvalue weighted by molar-refractivity contribution is 1.20. The number of benzene rings is 1. The first-order chi connectivity index (χ1) is 18.6. The highest BCUT2D eigenvalue weighted by molar-refractivity contribution is 5.83. The summed E-state index contributed by atoms with van der Waals surface area (Å²) in [4.78, 5) is 16.0. The fraction of sp³-hybridized carbons (Fsp3) is 0.294. The predicted molar refractivity (Wildman–Crippen MR) is 165 cm³/mol. The first kappa shape index (κ1) is 36.1. The molecule has 0 aliphatic rings. The van der Waals surface area contributed by atoms with E-state index in [1.807, 2.05) is 136 Å². The quantitative estimate of drug-likeness (QED) is 0.208. The van der Waals surface area contributed by atoms with Crippen LogP contribution in [0.1, 0.15) is 64.3 Å². The topological polar surface area (TPSA) is 51.6 Å². The Morgan fingerprint density at radius 2 is 1.03 bits per heavy atom. The van der Waals surface area contributed by atoms with Gasteiger partial charge in [0.05, 0.1) is 0 Å². The van der Waals surface area contributed by atoms with Crippen LogP contribution in [0.15, 0.2) is 97.5 Å². The lowest BCUT2D eigenvalue weighted by Crippen LogP contribution is -1.80. The summed E-state index contributed by atoms with van der Waals surface area (Å²) in [6, 6.07) is 28.4. The maximum atomic E-state index is 4.21. The smallest absolute Gasteiger partial charge is 0.0486 e. The Balaban J connectivity index is 0. The largest absolute Gasteiger partial charge is 0.262 e. The van der Waals surface area contributed by atoms with Crippen LogP contribution in [0, 0.1) is 40.0 Å². The molecule has 0 bridgehead atoms. The minimum atomic E-state index is 0.985. The fourth-order valence-corrected chi connectivity index (χ4v) is 2.52. The van der Waals surface area contributed by atoms with Crippen molar-refractivity contribution in [2.24, 2.45) is 0 Å². The second kappa shape index (κ2) is 26.0. The molecule has 4 heteroatoms. The summed E-state index contributed by atoms with van der Waals surface area (Å²) < 4.78 is 0. The summed E-state index contributed by atoms with van der Waals surface area (Å²) in [5.74, 6) is 0. The number of hydrogen-bond acceptors (Lipinski definition) is 4. The molecular weight excluding hydrogens is 464 g/mol. The number of aryl methyl sites for hydroxylation is 4. The van der Waals surface area contributed by atoms with E-state index >= 15 is 0 Å². The van der Waals surface area contributed by atoms with Gasteiger partial charge in [0.25, 0.3) is 0 Å². The Hall–Kier alpha value is -4.10. The van der Waals surface area contributed by atoms with Crippen molar-refractivity contribution >= 4 is 10.8 Å². The van der Waals surface area contributed by atoms with Crippen molar-refractivity contribution < 1.29 is 0 Å². The molecule has 0 unspecified atom stereocenters. The van der Waals surface area contributed by atoms with Gasteiger partial charge in [0.15, 0.2) is 0 Å². The van der Waals surface area contributed by atoms with Crippen LogP contribution in [0.5, 0.6) is 0 Å². The van der Waals surface area contributed by atoms with E-state index in [-0.39, 0.29) is 0 Å². The van der Waals surface area contributed by atoms with Gasteiger partial charge < -0.3 is 0 Å². The molecule has 0 saturated heterocycles. The van der Waals surface area contributed by atoms with Gasteiger partial charge >= 0.3 is 0 Å². The van der Waals surface area contributed by atoms with Crippen LogP contribution in [0.4, 0.5) is 0 Å². The Labute approximate surface area is 232 Å². The zero-order valence-corrected chi connectivity index (χ0v) is 25.0. The van der Waals surface area contributed by atoms with Crippen molar-refractivity contribution in [2.45, 2.75) is 69.2 Å². The lowest BCUT2D eigenvalue weighted by atomic mass is 10.1. The van der Waals surface area contributed by atoms with E-state index in [0.29, 0.717) is 0 Å². The molecule has 0 N–H and O–H groups in total. The van der Waals surface area contributed by atoms with Gasteiger partial charge in [0, 0.05) is 52.9 Å². The van der Waals surface area contributed by atoms with Gasteiger partial charge in [-0.1, -0.05) is 77.9 Å². The molecule has 0 spiro atoms. The van der Waals surface area contributed by atoms with Crippen molar-refractivity contribution in [3.8, 4) is 0 Å². The summed E-state index contributed by atoms with van der Waals surface area (Å²) in [6.45, 7) is 19.9. The van der Waals surface area contributed by atoms with Crippen LogP contribution in [0.2, 0.25) is 0 Å². The summed E-state index contributed by atoms with van der Waals surface area (Å²) in [7, 11) is 0. The molecule has 5 aromatic rings. The molecule has 0 aliphatic carbocycles. The maximum absolute atomic E-state index is 4.21. The average molecular weight is 511 g/mol. The van der Waals surface area contributed by atoms with Crippen molar-refractivity contribution in [3.05, 3.63) is 132 Å². The lowest BCUT2D eigenvalue weighted by Gasteiger charge is -1.97. The number of pyridine rings is 3. The normalized spacial score (nSPS) is 8.05. The molecule has 4 nitrogen and oxygen atoms in total. The standard InChI is InChI=1S/C10H9N.2C6H7N.C6H5N.3C2H6/c1-8-10-5-3-2-4-9(10)6-7-11-8;3*1-6-4-2-3-5-7-6;3*1-2/h2-7H,1H3;2*2-5H,1H3;2,4H,1H3;3*1-2H3. The Morgan fingerprint density at radius 3 is 1.37 bits per heavy atom. The van der Waals surface area contributed by atoms with Crippen molar-refractivity contribution in [3.63, 3.8) is 0 Å². The van der Waals surface area contributed by atoms with Crippen LogP contribution < -0.4 is 0 Å². The molecule has 0 amide bonds. The molecule has 0 atom stereocenters. The minimum absolute atomic E-state index is 0.985. The van der Waals surface area contributed by atoms with Crippen LogP contribution in [0.25, 0.3) is 10.8 Å². The molecule has 38 heavy (non-hydrogen) atoms. The Kier molecular flexibility index (Phi) is 24.6. The van der Waals surface area contributed by atoms with E-state index in [1.165, 1.54) is 10.8 Å². The van der Waals surface area contributed by atoms with E-state index in [9.17, 15) is 0 Å². The number of aromatic nitrogens is 4.